The Morgan fingerprint density at radius 3 is 2.52 bits per heavy atom. The van der Waals surface area contributed by atoms with Crippen LogP contribution in [0, 0.1) is 27.3 Å². The Hall–Kier alpha value is -2.07. The minimum atomic E-state index is -3.86. The monoisotopic (exact) mass is 399 g/mol. The van der Waals surface area contributed by atoms with E-state index in [0.717, 1.165) is 18.2 Å². The van der Waals surface area contributed by atoms with Gasteiger partial charge >= 0.3 is 0 Å². The second-order valence-corrected chi connectivity index (χ2v) is 9.87. The first-order chi connectivity index (χ1) is 12.5. The van der Waals surface area contributed by atoms with Crippen molar-refractivity contribution in [2.24, 2.45) is 5.92 Å². The molecular weight excluding hydrogens is 377 g/mol. The number of rotatable bonds is 3. The number of hydrogen-bond acceptors (Lipinski definition) is 6. The zero-order valence-electron chi connectivity index (χ0n) is 15.1. The summed E-state index contributed by atoms with van der Waals surface area (Å²) in [6.07, 6.45) is 1.03. The summed E-state index contributed by atoms with van der Waals surface area (Å²) >= 11 is 0. The SMILES string of the molecule is C[C@@]1(c2cc([N+](=O)[O-])ccc2F)CS(=O)(=O)[C@@](C)(C2CCOCC2)C(=N)N1. The summed E-state index contributed by atoms with van der Waals surface area (Å²) in [6, 6.07) is 3.00. The molecule has 0 amide bonds. The Morgan fingerprint density at radius 2 is 1.96 bits per heavy atom. The van der Waals surface area contributed by atoms with E-state index in [2.05, 4.69) is 5.32 Å². The number of sulfone groups is 1. The fourth-order valence-electron chi connectivity index (χ4n) is 4.02. The molecule has 10 heteroatoms. The molecule has 2 saturated heterocycles. The van der Waals surface area contributed by atoms with Crippen LogP contribution in [-0.2, 0) is 20.1 Å². The number of hydrogen-bond donors (Lipinski definition) is 2. The molecule has 2 aliphatic rings. The lowest BCUT2D eigenvalue weighted by molar-refractivity contribution is -0.385. The van der Waals surface area contributed by atoms with Crippen LogP contribution in [0.15, 0.2) is 18.2 Å². The van der Waals surface area contributed by atoms with Crippen molar-refractivity contribution in [1.29, 1.82) is 5.41 Å². The molecule has 1 aromatic carbocycles. The number of nitrogens with one attached hydrogen (secondary N) is 2. The Bertz CT molecular complexity index is 900. The van der Waals surface area contributed by atoms with Gasteiger partial charge in [0.15, 0.2) is 9.84 Å². The van der Waals surface area contributed by atoms with Gasteiger partial charge in [-0.25, -0.2) is 12.8 Å². The molecule has 148 valence electrons. The van der Waals surface area contributed by atoms with Crippen molar-refractivity contribution in [3.63, 3.8) is 0 Å². The number of non-ortho nitro benzene ring substituents is 1. The molecule has 0 aliphatic carbocycles. The van der Waals surface area contributed by atoms with Gasteiger partial charge in [0, 0.05) is 30.9 Å². The molecule has 2 aliphatic heterocycles. The van der Waals surface area contributed by atoms with E-state index >= 15 is 0 Å². The average Bonchev–Trinajstić information content (AvgIpc) is 2.60. The Balaban J connectivity index is 2.04. The summed E-state index contributed by atoms with van der Waals surface area (Å²) < 4.78 is 44.8. The van der Waals surface area contributed by atoms with Crippen LogP contribution in [0.4, 0.5) is 10.1 Å². The third-order valence-corrected chi connectivity index (χ3v) is 8.56. The van der Waals surface area contributed by atoms with Crippen LogP contribution in [0.25, 0.3) is 0 Å². The van der Waals surface area contributed by atoms with Gasteiger partial charge in [0.25, 0.3) is 5.69 Å². The first-order valence-corrected chi connectivity index (χ1v) is 10.3. The quantitative estimate of drug-likeness (QED) is 0.593. The van der Waals surface area contributed by atoms with Crippen LogP contribution in [0.1, 0.15) is 32.3 Å². The first kappa shape index (κ1) is 19.7. The third kappa shape index (κ3) is 3.10. The molecule has 0 bridgehead atoms. The molecule has 2 atom stereocenters. The Labute approximate surface area is 156 Å². The average molecular weight is 399 g/mol. The maximum absolute atomic E-state index is 14.4. The molecule has 0 aromatic heterocycles. The van der Waals surface area contributed by atoms with Gasteiger partial charge in [-0.1, -0.05) is 0 Å². The summed E-state index contributed by atoms with van der Waals surface area (Å²) in [6.45, 7) is 3.83. The van der Waals surface area contributed by atoms with Crippen molar-refractivity contribution in [3.8, 4) is 0 Å². The summed E-state index contributed by atoms with van der Waals surface area (Å²) in [4.78, 5) is 10.4. The van der Waals surface area contributed by atoms with Crippen LogP contribution in [0.2, 0.25) is 0 Å². The van der Waals surface area contributed by atoms with Crippen molar-refractivity contribution < 1.29 is 22.5 Å². The van der Waals surface area contributed by atoms with Crippen LogP contribution in [0.5, 0.6) is 0 Å². The molecule has 2 fully saturated rings. The molecule has 1 aromatic rings. The van der Waals surface area contributed by atoms with Crippen molar-refractivity contribution in [3.05, 3.63) is 39.7 Å². The number of halogens is 1. The highest BCUT2D eigenvalue weighted by atomic mass is 32.2. The first-order valence-electron chi connectivity index (χ1n) is 8.63. The number of nitro benzene ring substituents is 1. The van der Waals surface area contributed by atoms with E-state index in [1.165, 1.54) is 13.8 Å². The van der Waals surface area contributed by atoms with Crippen LogP contribution in [0.3, 0.4) is 0 Å². The van der Waals surface area contributed by atoms with Gasteiger partial charge in [-0.15, -0.1) is 0 Å². The summed E-state index contributed by atoms with van der Waals surface area (Å²) in [7, 11) is -3.86. The minimum Gasteiger partial charge on any atom is -0.381 e. The van der Waals surface area contributed by atoms with E-state index in [0.29, 0.717) is 26.1 Å². The predicted octanol–water partition coefficient (Wildman–Crippen LogP) is 2.13. The predicted molar refractivity (Wildman–Crippen MR) is 97.0 cm³/mol. The van der Waals surface area contributed by atoms with Crippen LogP contribution >= 0.6 is 0 Å². The number of amidine groups is 1. The third-order valence-electron chi connectivity index (χ3n) is 5.78. The van der Waals surface area contributed by atoms with Crippen LogP contribution in [-0.4, -0.2) is 42.9 Å². The molecule has 27 heavy (non-hydrogen) atoms. The van der Waals surface area contributed by atoms with Crippen molar-refractivity contribution in [2.45, 2.75) is 37.0 Å². The zero-order valence-corrected chi connectivity index (χ0v) is 15.9. The molecule has 2 N–H and O–H groups in total. The Morgan fingerprint density at radius 1 is 1.33 bits per heavy atom. The molecular formula is C17H22FN3O5S. The summed E-state index contributed by atoms with van der Waals surface area (Å²) in [5, 5.41) is 22.4. The van der Waals surface area contributed by atoms with Gasteiger partial charge in [-0.3, -0.25) is 15.5 Å². The highest BCUT2D eigenvalue weighted by Crippen LogP contribution is 2.42. The maximum Gasteiger partial charge on any atom is 0.269 e. The van der Waals surface area contributed by atoms with Gasteiger partial charge < -0.3 is 10.1 Å². The second-order valence-electron chi connectivity index (χ2n) is 7.51. The smallest absolute Gasteiger partial charge is 0.269 e. The molecule has 3 rings (SSSR count). The zero-order chi connectivity index (χ0) is 20.0. The fourth-order valence-corrected chi connectivity index (χ4v) is 6.42. The van der Waals surface area contributed by atoms with E-state index in [-0.39, 0.29) is 23.0 Å². The summed E-state index contributed by atoms with van der Waals surface area (Å²) in [5.41, 5.74) is -1.95. The van der Waals surface area contributed by atoms with Gasteiger partial charge in [0.05, 0.1) is 16.2 Å². The lowest BCUT2D eigenvalue weighted by Crippen LogP contribution is -2.68. The number of nitro groups is 1. The van der Waals surface area contributed by atoms with E-state index in [9.17, 15) is 22.9 Å². The van der Waals surface area contributed by atoms with Gasteiger partial charge in [0.2, 0.25) is 0 Å². The van der Waals surface area contributed by atoms with Gasteiger partial charge in [0.1, 0.15) is 16.4 Å². The van der Waals surface area contributed by atoms with Crippen molar-refractivity contribution in [2.75, 3.05) is 19.0 Å². The van der Waals surface area contributed by atoms with Crippen molar-refractivity contribution >= 4 is 21.4 Å². The van der Waals surface area contributed by atoms with E-state index in [1.807, 2.05) is 0 Å². The topological polar surface area (TPSA) is 122 Å². The van der Waals surface area contributed by atoms with Gasteiger partial charge in [-0.2, -0.15) is 0 Å². The molecule has 8 nitrogen and oxygen atoms in total. The lowest BCUT2D eigenvalue weighted by atomic mass is 9.83. The minimum absolute atomic E-state index is 0.140. The number of ether oxygens (including phenoxy) is 1. The highest BCUT2D eigenvalue weighted by molar-refractivity contribution is 7.93. The number of benzene rings is 1. The fraction of sp³-hybridized carbons (Fsp3) is 0.588. The van der Waals surface area contributed by atoms with Crippen molar-refractivity contribution in [1.82, 2.24) is 5.32 Å². The van der Waals surface area contributed by atoms with E-state index < -0.39 is 36.6 Å². The van der Waals surface area contributed by atoms with Gasteiger partial charge in [-0.05, 0) is 38.7 Å². The molecule has 0 saturated carbocycles. The largest absolute Gasteiger partial charge is 0.381 e. The molecule has 0 radical (unpaired) electrons. The number of nitrogens with zero attached hydrogens (tertiary/aromatic N) is 1. The molecule has 0 unspecified atom stereocenters. The normalized spacial score (nSPS) is 31.3. The standard InChI is InChI=1S/C17H22FN3O5S/c1-16(13-9-12(21(22)23)3-4-14(13)18)10-27(24,25)17(2,15(19)20-16)11-5-7-26-8-6-11/h3-4,9,11H,5-8,10H2,1-2H3,(H2,19,20)/t16-,17-/m0/s1. The van der Waals surface area contributed by atoms with E-state index in [1.54, 1.807) is 0 Å². The maximum atomic E-state index is 14.4. The van der Waals surface area contributed by atoms with Crippen LogP contribution < -0.4 is 5.32 Å². The summed E-state index contributed by atoms with van der Waals surface area (Å²) in [5.74, 6) is -1.72. The molecule has 2 heterocycles. The highest BCUT2D eigenvalue weighted by Gasteiger charge is 2.57. The van der Waals surface area contributed by atoms with E-state index in [4.69, 9.17) is 10.1 Å². The second kappa shape index (κ2) is 6.52. The Kier molecular flexibility index (Phi) is 4.75. The lowest BCUT2D eigenvalue weighted by Gasteiger charge is -2.48. The molecule has 0 spiro atoms.